The zero-order valence-electron chi connectivity index (χ0n) is 7.69. The molecular formula is C6H9N2O6P. The molecule has 1 heterocycles. The minimum Gasteiger partial charge on any atom is -0.438 e. The standard InChI is InChI=1S/C6H9N2O6P/c1-4(8-9)6-7-2-5(14-6)3-13-15(10,11)12/h2,9H,3H2,1H3,(H2,10,11,12)/b8-4+. The van der Waals surface area contributed by atoms with Crippen LogP contribution in [-0.4, -0.2) is 25.7 Å². The Bertz CT molecular complexity index is 408. The predicted molar refractivity (Wildman–Crippen MR) is 47.3 cm³/mol. The lowest BCUT2D eigenvalue weighted by atomic mass is 10.4. The fraction of sp³-hybridized carbons (Fsp3) is 0.333. The maximum atomic E-state index is 10.3. The number of phosphoric acid groups is 1. The largest absolute Gasteiger partial charge is 0.470 e. The fourth-order valence-corrected chi connectivity index (χ4v) is 1.03. The highest BCUT2D eigenvalue weighted by atomic mass is 31.2. The highest BCUT2D eigenvalue weighted by molar-refractivity contribution is 7.46. The lowest BCUT2D eigenvalue weighted by molar-refractivity contribution is 0.175. The van der Waals surface area contributed by atoms with Crippen molar-refractivity contribution in [1.82, 2.24) is 4.98 Å². The van der Waals surface area contributed by atoms with E-state index in [-0.39, 0.29) is 17.4 Å². The van der Waals surface area contributed by atoms with Gasteiger partial charge < -0.3 is 19.4 Å². The quantitative estimate of drug-likeness (QED) is 0.300. The molecule has 15 heavy (non-hydrogen) atoms. The van der Waals surface area contributed by atoms with Gasteiger partial charge in [0.2, 0.25) is 5.89 Å². The minimum atomic E-state index is -4.52. The number of oxazole rings is 1. The van der Waals surface area contributed by atoms with Crippen LogP contribution >= 0.6 is 7.82 Å². The summed E-state index contributed by atoms with van der Waals surface area (Å²) in [6.45, 7) is 1.05. The van der Waals surface area contributed by atoms with Gasteiger partial charge in [-0.25, -0.2) is 9.55 Å². The lowest BCUT2D eigenvalue weighted by Gasteiger charge is -2.01. The van der Waals surface area contributed by atoms with Crippen molar-refractivity contribution < 1.29 is 28.5 Å². The zero-order chi connectivity index (χ0) is 11.5. The van der Waals surface area contributed by atoms with Crippen molar-refractivity contribution >= 4 is 13.5 Å². The van der Waals surface area contributed by atoms with Crippen LogP contribution in [0.15, 0.2) is 15.8 Å². The Morgan fingerprint density at radius 2 is 2.40 bits per heavy atom. The monoisotopic (exact) mass is 236 g/mol. The zero-order valence-corrected chi connectivity index (χ0v) is 8.59. The van der Waals surface area contributed by atoms with Crippen molar-refractivity contribution in [1.29, 1.82) is 0 Å². The SMILES string of the molecule is C/C(=N\O)c1ncc(COP(=O)(O)O)o1. The fourth-order valence-electron chi connectivity index (χ4n) is 0.732. The van der Waals surface area contributed by atoms with E-state index < -0.39 is 14.4 Å². The number of hydrogen-bond donors (Lipinski definition) is 3. The molecule has 84 valence electrons. The molecule has 9 heteroatoms. The highest BCUT2D eigenvalue weighted by Gasteiger charge is 2.16. The summed E-state index contributed by atoms with van der Waals surface area (Å²) in [6.07, 6.45) is 1.22. The molecule has 0 amide bonds. The summed E-state index contributed by atoms with van der Waals surface area (Å²) in [4.78, 5) is 20.5. The van der Waals surface area contributed by atoms with E-state index in [1.165, 1.54) is 13.1 Å². The molecule has 8 nitrogen and oxygen atoms in total. The molecule has 3 N–H and O–H groups in total. The first-order chi connectivity index (χ1) is 6.92. The summed E-state index contributed by atoms with van der Waals surface area (Å²) in [6, 6.07) is 0. The second kappa shape index (κ2) is 4.54. The second-order valence-electron chi connectivity index (χ2n) is 2.58. The molecule has 0 radical (unpaired) electrons. The Balaban J connectivity index is 2.65. The molecule has 0 aliphatic rings. The summed E-state index contributed by atoms with van der Waals surface area (Å²) >= 11 is 0. The molecule has 0 unspecified atom stereocenters. The van der Waals surface area contributed by atoms with Crippen molar-refractivity contribution in [2.75, 3.05) is 0 Å². The van der Waals surface area contributed by atoms with E-state index in [0.717, 1.165) is 0 Å². The molecule has 0 aliphatic carbocycles. The van der Waals surface area contributed by atoms with E-state index in [1.807, 2.05) is 0 Å². The molecule has 0 spiro atoms. The van der Waals surface area contributed by atoms with Gasteiger partial charge >= 0.3 is 7.82 Å². The maximum Gasteiger partial charge on any atom is 0.470 e. The predicted octanol–water partition coefficient (Wildman–Crippen LogP) is 0.482. The average molecular weight is 236 g/mol. The third-order valence-electron chi connectivity index (χ3n) is 1.39. The number of aromatic nitrogens is 1. The van der Waals surface area contributed by atoms with Gasteiger partial charge in [0.15, 0.2) is 5.76 Å². The Hall–Kier alpha value is -1.21. The molecule has 0 atom stereocenters. The highest BCUT2D eigenvalue weighted by Crippen LogP contribution is 2.36. The first-order valence-corrected chi connectivity index (χ1v) is 5.29. The summed E-state index contributed by atoms with van der Waals surface area (Å²) in [5, 5.41) is 11.2. The van der Waals surface area contributed by atoms with Gasteiger partial charge in [0.05, 0.1) is 6.20 Å². The van der Waals surface area contributed by atoms with Crippen LogP contribution in [0.5, 0.6) is 0 Å². The molecule has 1 aromatic rings. The molecule has 0 fully saturated rings. The van der Waals surface area contributed by atoms with Gasteiger partial charge in [-0.3, -0.25) is 4.52 Å². The summed E-state index contributed by atoms with van der Waals surface area (Å²) in [5.74, 6) is 0.179. The minimum absolute atomic E-state index is 0.0572. The van der Waals surface area contributed by atoms with Gasteiger partial charge in [0.1, 0.15) is 12.3 Å². The van der Waals surface area contributed by atoms with Crippen LogP contribution in [0, 0.1) is 0 Å². The average Bonchev–Trinajstić information content (AvgIpc) is 2.61. The molecule has 0 aromatic carbocycles. The smallest absolute Gasteiger partial charge is 0.438 e. The van der Waals surface area contributed by atoms with Crippen LogP contribution in [0.2, 0.25) is 0 Å². The summed E-state index contributed by atoms with van der Waals surface area (Å²) in [5.41, 5.74) is 0.150. The number of hydrogen-bond acceptors (Lipinski definition) is 6. The van der Waals surface area contributed by atoms with Gasteiger partial charge in [-0.1, -0.05) is 5.16 Å². The number of rotatable bonds is 4. The number of phosphoric ester groups is 1. The van der Waals surface area contributed by atoms with E-state index >= 15 is 0 Å². The van der Waals surface area contributed by atoms with Crippen LogP contribution in [0.1, 0.15) is 18.6 Å². The summed E-state index contributed by atoms with van der Waals surface area (Å²) in [7, 11) is -4.52. The van der Waals surface area contributed by atoms with E-state index in [4.69, 9.17) is 19.4 Å². The molecule has 0 aliphatic heterocycles. The number of nitrogens with zero attached hydrogens (tertiary/aromatic N) is 2. The molecule has 0 saturated heterocycles. The van der Waals surface area contributed by atoms with Crippen molar-refractivity contribution in [2.45, 2.75) is 13.5 Å². The van der Waals surface area contributed by atoms with Crippen molar-refractivity contribution in [3.8, 4) is 0 Å². The topological polar surface area (TPSA) is 125 Å². The third-order valence-corrected chi connectivity index (χ3v) is 1.85. The van der Waals surface area contributed by atoms with Crippen LogP contribution in [0.25, 0.3) is 0 Å². The Morgan fingerprint density at radius 1 is 1.73 bits per heavy atom. The van der Waals surface area contributed by atoms with Crippen LogP contribution in [-0.2, 0) is 15.7 Å². The molecular weight excluding hydrogens is 227 g/mol. The second-order valence-corrected chi connectivity index (χ2v) is 3.82. The first kappa shape index (κ1) is 11.9. The first-order valence-electron chi connectivity index (χ1n) is 3.76. The normalized spacial score (nSPS) is 13.1. The molecule has 1 rings (SSSR count). The Morgan fingerprint density at radius 3 is 2.93 bits per heavy atom. The van der Waals surface area contributed by atoms with E-state index in [1.54, 1.807) is 0 Å². The van der Waals surface area contributed by atoms with Gasteiger partial charge in [0.25, 0.3) is 0 Å². The molecule has 0 saturated carbocycles. The van der Waals surface area contributed by atoms with Gasteiger partial charge in [0, 0.05) is 0 Å². The van der Waals surface area contributed by atoms with Crippen LogP contribution in [0.3, 0.4) is 0 Å². The number of oxime groups is 1. The van der Waals surface area contributed by atoms with Gasteiger partial charge in [-0.15, -0.1) is 0 Å². The Labute approximate surface area is 84.4 Å². The molecule has 0 bridgehead atoms. The van der Waals surface area contributed by atoms with Crippen LogP contribution in [0.4, 0.5) is 0 Å². The third kappa shape index (κ3) is 3.80. The maximum absolute atomic E-state index is 10.3. The van der Waals surface area contributed by atoms with E-state index in [0.29, 0.717) is 0 Å². The van der Waals surface area contributed by atoms with Crippen molar-refractivity contribution in [3.05, 3.63) is 17.8 Å². The Kier molecular flexibility index (Phi) is 3.59. The van der Waals surface area contributed by atoms with E-state index in [2.05, 4.69) is 14.7 Å². The molecule has 1 aromatic heterocycles. The van der Waals surface area contributed by atoms with Crippen molar-refractivity contribution in [2.24, 2.45) is 5.16 Å². The van der Waals surface area contributed by atoms with Crippen LogP contribution < -0.4 is 0 Å². The lowest BCUT2D eigenvalue weighted by Crippen LogP contribution is -1.93. The summed E-state index contributed by atoms with van der Waals surface area (Å²) < 4.78 is 19.5. The van der Waals surface area contributed by atoms with Crippen molar-refractivity contribution in [3.63, 3.8) is 0 Å². The van der Waals surface area contributed by atoms with Gasteiger partial charge in [-0.05, 0) is 6.92 Å². The van der Waals surface area contributed by atoms with Gasteiger partial charge in [-0.2, -0.15) is 0 Å². The van der Waals surface area contributed by atoms with E-state index in [9.17, 15) is 4.57 Å².